The number of rotatable bonds is 57. The first kappa shape index (κ1) is 73.2. The molecule has 0 rings (SSSR count). The van der Waals surface area contributed by atoms with Gasteiger partial charge in [-0.1, -0.05) is 252 Å². The maximum Gasteiger partial charge on any atom is 0.306 e. The number of aliphatic carboxylic acids is 1. The summed E-state index contributed by atoms with van der Waals surface area (Å²) in [7, 11) is 5.91. The summed E-state index contributed by atoms with van der Waals surface area (Å²) in [4.78, 5) is 37.3. The van der Waals surface area contributed by atoms with Crippen molar-refractivity contribution < 1.29 is 42.9 Å². The van der Waals surface area contributed by atoms with Crippen LogP contribution in [0.1, 0.15) is 258 Å². The first-order chi connectivity index (χ1) is 37.6. The summed E-state index contributed by atoms with van der Waals surface area (Å²) in [6, 6.07) is 0. The zero-order valence-corrected chi connectivity index (χ0v) is 50.3. The Morgan fingerprint density at radius 1 is 0.390 bits per heavy atom. The summed E-state index contributed by atoms with van der Waals surface area (Å²) in [6.07, 6.45) is 76.4. The molecule has 0 aromatic carbocycles. The quantitative estimate of drug-likeness (QED) is 0.0195. The van der Waals surface area contributed by atoms with Gasteiger partial charge >= 0.3 is 11.9 Å². The predicted molar refractivity (Wildman–Crippen MR) is 324 cm³/mol. The SMILES string of the molecule is CC/C=C\C/C=C\C/C=C\C/C=C\CCCCCCCCCCCCCCCCCCCCCCCCCCC(=O)OC(COC(=O)CCCC/C=C\C/C=C\C/C=C\C/C=C\CC)COC(OCC[N+](C)(C)C)C(=O)[O-]. The lowest BCUT2D eigenvalue weighted by atomic mass is 10.0. The minimum Gasteiger partial charge on any atom is -0.545 e. The maximum atomic E-state index is 12.9. The van der Waals surface area contributed by atoms with Crippen LogP contribution >= 0.6 is 0 Å². The lowest BCUT2D eigenvalue weighted by Crippen LogP contribution is -2.44. The molecule has 0 aromatic rings. The van der Waals surface area contributed by atoms with E-state index in [0.717, 1.165) is 83.5 Å². The molecule has 2 atom stereocenters. The van der Waals surface area contributed by atoms with Crippen LogP contribution in [0.2, 0.25) is 0 Å². The Labute approximate surface area is 473 Å². The molecular formula is C68H117NO8. The van der Waals surface area contributed by atoms with E-state index in [1.165, 1.54) is 135 Å². The second-order valence-corrected chi connectivity index (χ2v) is 21.9. The van der Waals surface area contributed by atoms with Gasteiger partial charge in [0.05, 0.1) is 40.3 Å². The zero-order valence-electron chi connectivity index (χ0n) is 50.3. The molecule has 0 heterocycles. The fraction of sp³-hybridized carbons (Fsp3) is 0.721. The van der Waals surface area contributed by atoms with Crippen LogP contribution in [0.4, 0.5) is 0 Å². The average Bonchev–Trinajstić information content (AvgIpc) is 3.40. The lowest BCUT2D eigenvalue weighted by Gasteiger charge is -2.26. The Morgan fingerprint density at radius 3 is 1.06 bits per heavy atom. The number of carbonyl (C=O) groups is 3. The summed E-state index contributed by atoms with van der Waals surface area (Å²) in [5.41, 5.74) is 0. The van der Waals surface area contributed by atoms with Gasteiger partial charge in [-0.3, -0.25) is 9.59 Å². The molecule has 0 saturated heterocycles. The Bertz CT molecular complexity index is 1580. The third-order valence-corrected chi connectivity index (χ3v) is 13.3. The number of likely N-dealkylation sites (N-methyl/N-ethyl adjacent to an activating group) is 1. The van der Waals surface area contributed by atoms with Crippen molar-refractivity contribution in [1.82, 2.24) is 0 Å². The van der Waals surface area contributed by atoms with Crippen LogP contribution in [-0.4, -0.2) is 82.3 Å². The van der Waals surface area contributed by atoms with Gasteiger partial charge in [0.1, 0.15) is 13.2 Å². The number of allylic oxidation sites excluding steroid dienone is 16. The molecule has 9 nitrogen and oxygen atoms in total. The van der Waals surface area contributed by atoms with E-state index in [4.69, 9.17) is 18.9 Å². The summed E-state index contributed by atoms with van der Waals surface area (Å²) >= 11 is 0. The highest BCUT2D eigenvalue weighted by Crippen LogP contribution is 2.17. The topological polar surface area (TPSA) is 111 Å². The molecule has 0 N–H and O–H groups in total. The smallest absolute Gasteiger partial charge is 0.306 e. The molecule has 0 spiro atoms. The molecule has 2 unspecified atom stereocenters. The number of carbonyl (C=O) groups excluding carboxylic acids is 3. The normalized spacial score (nSPS) is 13.4. The van der Waals surface area contributed by atoms with Crippen LogP contribution in [0.5, 0.6) is 0 Å². The molecule has 442 valence electrons. The van der Waals surface area contributed by atoms with Gasteiger partial charge in [0, 0.05) is 12.8 Å². The molecule has 0 bridgehead atoms. The minimum absolute atomic E-state index is 0.139. The van der Waals surface area contributed by atoms with Crippen molar-refractivity contribution in [1.29, 1.82) is 0 Å². The minimum atomic E-state index is -1.63. The summed E-state index contributed by atoms with van der Waals surface area (Å²) in [5.74, 6) is -2.34. The number of quaternary nitrogens is 1. The van der Waals surface area contributed by atoms with Gasteiger partial charge in [-0.25, -0.2) is 0 Å². The van der Waals surface area contributed by atoms with Gasteiger partial charge in [0.25, 0.3) is 0 Å². The van der Waals surface area contributed by atoms with Crippen molar-refractivity contribution in [3.8, 4) is 0 Å². The number of unbranched alkanes of at least 4 members (excludes halogenated alkanes) is 26. The van der Waals surface area contributed by atoms with Gasteiger partial charge in [-0.2, -0.15) is 0 Å². The molecule has 0 fully saturated rings. The van der Waals surface area contributed by atoms with Gasteiger partial charge in [-0.15, -0.1) is 0 Å². The average molecular weight is 1080 g/mol. The molecule has 0 amide bonds. The summed E-state index contributed by atoms with van der Waals surface area (Å²) in [6.45, 7) is 4.48. The predicted octanol–water partition coefficient (Wildman–Crippen LogP) is 17.6. The number of hydrogen-bond acceptors (Lipinski definition) is 8. The second-order valence-electron chi connectivity index (χ2n) is 21.9. The number of nitrogens with zero attached hydrogens (tertiary/aromatic N) is 1. The van der Waals surface area contributed by atoms with Crippen LogP contribution in [0.15, 0.2) is 97.2 Å². The van der Waals surface area contributed by atoms with E-state index in [1.54, 1.807) is 0 Å². The number of carboxylic acids is 1. The third kappa shape index (κ3) is 59.7. The second kappa shape index (κ2) is 58.4. The van der Waals surface area contributed by atoms with Crippen molar-refractivity contribution in [2.75, 3.05) is 47.5 Å². The Balaban J connectivity index is 4.04. The molecule has 0 radical (unpaired) electrons. The van der Waals surface area contributed by atoms with E-state index < -0.39 is 30.3 Å². The summed E-state index contributed by atoms with van der Waals surface area (Å²) in [5, 5.41) is 11.8. The molecule has 0 aliphatic heterocycles. The molecule has 0 aliphatic carbocycles. The Morgan fingerprint density at radius 2 is 0.701 bits per heavy atom. The lowest BCUT2D eigenvalue weighted by molar-refractivity contribution is -0.870. The highest BCUT2D eigenvalue weighted by Gasteiger charge is 2.22. The van der Waals surface area contributed by atoms with E-state index in [2.05, 4.69) is 111 Å². The standard InChI is InChI=1S/C68H117NO8/c1-6-8-10-12-14-16-18-20-22-23-24-25-26-27-28-29-30-31-32-33-34-35-36-37-38-39-40-41-42-43-45-47-49-51-53-55-57-59-66(71)77-64(63-76-68(67(72)73)74-61-60-69(3,4)5)62-75-65(70)58-56-54-52-50-48-46-44-21-19-17-15-13-11-9-7-2/h8-11,14-17,20-22,24-25,44,48,50,64,68H,6-7,12-13,18-19,23,26-43,45-47,49,51-63H2,1-5H3/b10-8-,11-9-,16-14-,17-15-,22-20-,25-24-,44-21-,50-48-. The van der Waals surface area contributed by atoms with Crippen molar-refractivity contribution in [2.24, 2.45) is 0 Å². The molecule has 9 heteroatoms. The van der Waals surface area contributed by atoms with E-state index >= 15 is 0 Å². The molecular weight excluding hydrogens is 959 g/mol. The summed E-state index contributed by atoms with van der Waals surface area (Å²) < 4.78 is 22.6. The maximum absolute atomic E-state index is 12.9. The van der Waals surface area contributed by atoms with Crippen molar-refractivity contribution in [3.05, 3.63) is 97.2 Å². The third-order valence-electron chi connectivity index (χ3n) is 13.3. The van der Waals surface area contributed by atoms with Crippen LogP contribution in [0.25, 0.3) is 0 Å². The Hall–Kier alpha value is -3.79. The van der Waals surface area contributed by atoms with Gasteiger partial charge in [-0.05, 0) is 89.9 Å². The monoisotopic (exact) mass is 1080 g/mol. The van der Waals surface area contributed by atoms with Gasteiger partial charge < -0.3 is 33.3 Å². The number of esters is 2. The largest absolute Gasteiger partial charge is 0.545 e. The van der Waals surface area contributed by atoms with Gasteiger partial charge in [0.15, 0.2) is 12.4 Å². The fourth-order valence-corrected chi connectivity index (χ4v) is 8.58. The first-order valence-corrected chi connectivity index (χ1v) is 31.4. The molecule has 77 heavy (non-hydrogen) atoms. The van der Waals surface area contributed by atoms with Crippen LogP contribution < -0.4 is 5.11 Å². The van der Waals surface area contributed by atoms with Gasteiger partial charge in [0.2, 0.25) is 0 Å². The van der Waals surface area contributed by atoms with Crippen LogP contribution in [0, 0.1) is 0 Å². The Kier molecular flexibility index (Phi) is 55.5. The fourth-order valence-electron chi connectivity index (χ4n) is 8.58. The van der Waals surface area contributed by atoms with E-state index in [9.17, 15) is 19.5 Å². The van der Waals surface area contributed by atoms with E-state index in [-0.39, 0.29) is 32.7 Å². The zero-order chi connectivity index (χ0) is 56.2. The van der Waals surface area contributed by atoms with Crippen molar-refractivity contribution >= 4 is 17.9 Å². The highest BCUT2D eigenvalue weighted by atomic mass is 16.7. The number of hydrogen-bond donors (Lipinski definition) is 0. The molecule has 0 saturated carbocycles. The van der Waals surface area contributed by atoms with Crippen LogP contribution in [0.3, 0.4) is 0 Å². The molecule has 0 aliphatic rings. The number of carboxylic acid groups (broad SMARTS) is 1. The van der Waals surface area contributed by atoms with Crippen molar-refractivity contribution in [2.45, 2.75) is 270 Å². The van der Waals surface area contributed by atoms with Crippen molar-refractivity contribution in [3.63, 3.8) is 0 Å². The highest BCUT2D eigenvalue weighted by molar-refractivity contribution is 5.70. The van der Waals surface area contributed by atoms with Crippen LogP contribution in [-0.2, 0) is 33.3 Å². The van der Waals surface area contributed by atoms with E-state index in [1.807, 2.05) is 21.1 Å². The number of ether oxygens (including phenoxy) is 4. The van der Waals surface area contributed by atoms with E-state index in [0.29, 0.717) is 23.9 Å². The first-order valence-electron chi connectivity index (χ1n) is 31.4. The molecule has 0 aromatic heterocycles.